The number of hydrogen-bond donors (Lipinski definition) is 1. The number of nitrogens with one attached hydrogen (secondary N) is 1. The summed E-state index contributed by atoms with van der Waals surface area (Å²) in [5, 5.41) is 10.7. The number of amides is 1. The van der Waals surface area contributed by atoms with Gasteiger partial charge in [-0.2, -0.15) is 0 Å². The number of nitrogens with zero attached hydrogens (tertiary/aromatic N) is 4. The SMILES string of the molecule is O=C(Cn1nnc2ccccc21)Nc1ccncc1. The van der Waals surface area contributed by atoms with Crippen molar-refractivity contribution in [2.45, 2.75) is 6.54 Å². The normalized spacial score (nSPS) is 10.5. The van der Waals surface area contributed by atoms with Gasteiger partial charge in [0.05, 0.1) is 5.52 Å². The number of para-hydroxylation sites is 1. The number of pyridine rings is 1. The molecule has 6 heteroatoms. The van der Waals surface area contributed by atoms with Crippen LogP contribution in [-0.2, 0) is 11.3 Å². The lowest BCUT2D eigenvalue weighted by Crippen LogP contribution is -2.19. The Labute approximate surface area is 109 Å². The second-order valence-corrected chi connectivity index (χ2v) is 4.02. The minimum Gasteiger partial charge on any atom is -0.324 e. The highest BCUT2D eigenvalue weighted by molar-refractivity contribution is 5.91. The number of carbonyl (C=O) groups excluding carboxylic acids is 1. The summed E-state index contributed by atoms with van der Waals surface area (Å²) in [6, 6.07) is 11.0. The standard InChI is InChI=1S/C13H11N5O/c19-13(15-10-5-7-14-8-6-10)9-18-12-4-2-1-3-11(12)16-17-18/h1-8H,9H2,(H,14,15,19). The second kappa shape index (κ2) is 4.85. The fraction of sp³-hybridized carbons (Fsp3) is 0.0769. The first kappa shape index (κ1) is 11.3. The van der Waals surface area contributed by atoms with Gasteiger partial charge in [-0.1, -0.05) is 17.3 Å². The van der Waals surface area contributed by atoms with Gasteiger partial charge in [0.2, 0.25) is 5.91 Å². The molecule has 0 aliphatic heterocycles. The Balaban J connectivity index is 1.76. The average Bonchev–Trinajstić information content (AvgIpc) is 2.83. The number of benzene rings is 1. The van der Waals surface area contributed by atoms with Gasteiger partial charge >= 0.3 is 0 Å². The van der Waals surface area contributed by atoms with Gasteiger partial charge in [0, 0.05) is 18.1 Å². The third kappa shape index (κ3) is 2.42. The predicted octanol–water partition coefficient (Wildman–Crippen LogP) is 1.46. The molecule has 1 aromatic carbocycles. The molecule has 3 aromatic rings. The van der Waals surface area contributed by atoms with Crippen molar-refractivity contribution in [1.29, 1.82) is 0 Å². The molecule has 0 radical (unpaired) electrons. The van der Waals surface area contributed by atoms with E-state index in [0.717, 1.165) is 11.0 Å². The fourth-order valence-electron chi connectivity index (χ4n) is 1.81. The lowest BCUT2D eigenvalue weighted by Gasteiger charge is -2.04. The van der Waals surface area contributed by atoms with Crippen LogP contribution in [0.5, 0.6) is 0 Å². The lowest BCUT2D eigenvalue weighted by molar-refractivity contribution is -0.116. The molecule has 1 N–H and O–H groups in total. The van der Waals surface area contributed by atoms with Gasteiger partial charge in [0.1, 0.15) is 12.1 Å². The molecule has 0 saturated heterocycles. The molecule has 6 nitrogen and oxygen atoms in total. The number of carbonyl (C=O) groups is 1. The largest absolute Gasteiger partial charge is 0.324 e. The van der Waals surface area contributed by atoms with E-state index >= 15 is 0 Å². The molecule has 2 heterocycles. The first-order valence-electron chi connectivity index (χ1n) is 5.81. The van der Waals surface area contributed by atoms with Crippen LogP contribution >= 0.6 is 0 Å². The van der Waals surface area contributed by atoms with Crippen molar-refractivity contribution >= 4 is 22.6 Å². The molecule has 0 unspecified atom stereocenters. The van der Waals surface area contributed by atoms with E-state index in [4.69, 9.17) is 0 Å². The summed E-state index contributed by atoms with van der Waals surface area (Å²) in [4.78, 5) is 15.8. The van der Waals surface area contributed by atoms with Gasteiger partial charge in [0.15, 0.2) is 0 Å². The molecule has 0 aliphatic carbocycles. The summed E-state index contributed by atoms with van der Waals surface area (Å²) < 4.78 is 1.58. The van der Waals surface area contributed by atoms with Gasteiger partial charge in [-0.3, -0.25) is 9.78 Å². The number of hydrogen-bond acceptors (Lipinski definition) is 4. The minimum absolute atomic E-state index is 0.128. The third-order valence-electron chi connectivity index (χ3n) is 2.68. The third-order valence-corrected chi connectivity index (χ3v) is 2.68. The molecule has 0 bridgehead atoms. The second-order valence-electron chi connectivity index (χ2n) is 4.02. The van der Waals surface area contributed by atoms with E-state index in [1.165, 1.54) is 0 Å². The molecule has 1 amide bonds. The highest BCUT2D eigenvalue weighted by Gasteiger charge is 2.08. The molecule has 3 rings (SSSR count). The summed E-state index contributed by atoms with van der Waals surface area (Å²) in [7, 11) is 0. The van der Waals surface area contributed by atoms with Crippen molar-refractivity contribution in [3.05, 3.63) is 48.8 Å². The van der Waals surface area contributed by atoms with Gasteiger partial charge in [-0.05, 0) is 24.3 Å². The fourth-order valence-corrected chi connectivity index (χ4v) is 1.81. The smallest absolute Gasteiger partial charge is 0.246 e. The summed E-state index contributed by atoms with van der Waals surface area (Å²) >= 11 is 0. The monoisotopic (exact) mass is 253 g/mol. The van der Waals surface area contributed by atoms with Crippen LogP contribution < -0.4 is 5.32 Å². The van der Waals surface area contributed by atoms with Crippen LogP contribution in [0.1, 0.15) is 0 Å². The quantitative estimate of drug-likeness (QED) is 0.767. The van der Waals surface area contributed by atoms with Gasteiger partial charge in [0.25, 0.3) is 0 Å². The Kier molecular flexibility index (Phi) is 2.89. The Hall–Kier alpha value is -2.76. The zero-order valence-electron chi connectivity index (χ0n) is 10.0. The highest BCUT2D eigenvalue weighted by atomic mass is 16.2. The number of anilines is 1. The highest BCUT2D eigenvalue weighted by Crippen LogP contribution is 2.10. The first-order chi connectivity index (χ1) is 9.33. The van der Waals surface area contributed by atoms with Crippen LogP contribution in [0.2, 0.25) is 0 Å². The van der Waals surface area contributed by atoms with E-state index in [2.05, 4.69) is 20.6 Å². The Bertz CT molecular complexity index is 707. The van der Waals surface area contributed by atoms with Crippen LogP contribution in [0.4, 0.5) is 5.69 Å². The molecule has 0 atom stereocenters. The summed E-state index contributed by atoms with van der Waals surface area (Å²) in [6.07, 6.45) is 3.25. The van der Waals surface area contributed by atoms with Crippen molar-refractivity contribution in [3.8, 4) is 0 Å². The van der Waals surface area contributed by atoms with E-state index in [9.17, 15) is 4.79 Å². The van der Waals surface area contributed by atoms with E-state index in [1.54, 1.807) is 29.2 Å². The van der Waals surface area contributed by atoms with Crippen LogP contribution in [-0.4, -0.2) is 25.9 Å². The molecule has 0 spiro atoms. The molecule has 0 aliphatic rings. The Morgan fingerprint density at radius 3 is 2.79 bits per heavy atom. The number of aromatic nitrogens is 4. The Morgan fingerprint density at radius 1 is 1.16 bits per heavy atom. The Morgan fingerprint density at radius 2 is 1.95 bits per heavy atom. The summed E-state index contributed by atoms with van der Waals surface area (Å²) in [6.45, 7) is 0.128. The van der Waals surface area contributed by atoms with Gasteiger partial charge < -0.3 is 5.32 Å². The minimum atomic E-state index is -0.151. The van der Waals surface area contributed by atoms with E-state index in [1.807, 2.05) is 24.3 Å². The van der Waals surface area contributed by atoms with Crippen molar-refractivity contribution in [1.82, 2.24) is 20.0 Å². The molecule has 2 aromatic heterocycles. The molecular weight excluding hydrogens is 242 g/mol. The predicted molar refractivity (Wildman–Crippen MR) is 70.4 cm³/mol. The average molecular weight is 253 g/mol. The zero-order valence-corrected chi connectivity index (χ0v) is 10.0. The van der Waals surface area contributed by atoms with E-state index < -0.39 is 0 Å². The maximum Gasteiger partial charge on any atom is 0.246 e. The number of fused-ring (bicyclic) bond motifs is 1. The molecule has 19 heavy (non-hydrogen) atoms. The maximum absolute atomic E-state index is 11.9. The maximum atomic E-state index is 11.9. The van der Waals surface area contributed by atoms with Crippen LogP contribution in [0.3, 0.4) is 0 Å². The van der Waals surface area contributed by atoms with Crippen LogP contribution in [0.25, 0.3) is 11.0 Å². The molecule has 0 saturated carbocycles. The van der Waals surface area contributed by atoms with Gasteiger partial charge in [-0.15, -0.1) is 5.10 Å². The molecular formula is C13H11N5O. The van der Waals surface area contributed by atoms with Crippen LogP contribution in [0, 0.1) is 0 Å². The van der Waals surface area contributed by atoms with E-state index in [0.29, 0.717) is 5.69 Å². The van der Waals surface area contributed by atoms with Crippen molar-refractivity contribution in [2.24, 2.45) is 0 Å². The summed E-state index contributed by atoms with van der Waals surface area (Å²) in [5.74, 6) is -0.151. The van der Waals surface area contributed by atoms with Crippen molar-refractivity contribution < 1.29 is 4.79 Å². The summed E-state index contributed by atoms with van der Waals surface area (Å²) in [5.41, 5.74) is 2.33. The topological polar surface area (TPSA) is 72.7 Å². The first-order valence-corrected chi connectivity index (χ1v) is 5.81. The molecule has 0 fully saturated rings. The van der Waals surface area contributed by atoms with Crippen molar-refractivity contribution in [3.63, 3.8) is 0 Å². The van der Waals surface area contributed by atoms with Crippen molar-refractivity contribution in [2.75, 3.05) is 5.32 Å². The van der Waals surface area contributed by atoms with Gasteiger partial charge in [-0.25, -0.2) is 4.68 Å². The molecule has 94 valence electrons. The van der Waals surface area contributed by atoms with Crippen LogP contribution in [0.15, 0.2) is 48.8 Å². The zero-order chi connectivity index (χ0) is 13.1. The van der Waals surface area contributed by atoms with E-state index in [-0.39, 0.29) is 12.5 Å². The lowest BCUT2D eigenvalue weighted by atomic mass is 10.3. The number of rotatable bonds is 3.